The molecule has 0 spiro atoms. The van der Waals surface area contributed by atoms with Crippen molar-refractivity contribution in [1.29, 1.82) is 0 Å². The molecule has 5 nitrogen and oxygen atoms in total. The minimum Gasteiger partial charge on any atom is -0.339 e. The van der Waals surface area contributed by atoms with Crippen molar-refractivity contribution in [2.24, 2.45) is 0 Å². The summed E-state index contributed by atoms with van der Waals surface area (Å²) in [5.74, 6) is 0.334. The van der Waals surface area contributed by atoms with Crippen LogP contribution in [0.2, 0.25) is 0 Å². The number of carbonyl (C=O) groups is 1. The Bertz CT molecular complexity index is 920. The fourth-order valence-electron chi connectivity index (χ4n) is 2.67. The largest absolute Gasteiger partial charge is 0.339 e. The molecule has 1 heterocycles. The maximum absolute atomic E-state index is 12.4. The Balaban J connectivity index is 1.73. The van der Waals surface area contributed by atoms with Crippen LogP contribution in [0, 0.1) is 13.8 Å². The number of aromatic nitrogens is 2. The molecule has 2 aromatic carbocycles. The summed E-state index contributed by atoms with van der Waals surface area (Å²) in [5, 5.41) is 6.14. The number of hydrogen-bond donors (Lipinski definition) is 2. The molecule has 132 valence electrons. The number of rotatable bonds is 5. The van der Waals surface area contributed by atoms with E-state index in [0.717, 1.165) is 28.9 Å². The standard InChI is InChI=1S/C21H22N4O/c1-4-16-9-5-6-10-18(16)25-21(26)19-12-23-20(13-22-19)24-17-11-7-8-14(2)15(17)3/h5-13H,4H2,1-3H3,(H,23,24)(H,25,26). The topological polar surface area (TPSA) is 66.9 Å². The van der Waals surface area contributed by atoms with Gasteiger partial charge in [0.15, 0.2) is 0 Å². The number of para-hydroxylation sites is 1. The van der Waals surface area contributed by atoms with Gasteiger partial charge in [0.2, 0.25) is 0 Å². The first-order valence-corrected chi connectivity index (χ1v) is 8.63. The maximum Gasteiger partial charge on any atom is 0.275 e. The van der Waals surface area contributed by atoms with Gasteiger partial charge in [-0.05, 0) is 49.1 Å². The lowest BCUT2D eigenvalue weighted by Crippen LogP contribution is -2.15. The van der Waals surface area contributed by atoms with Crippen molar-refractivity contribution < 1.29 is 4.79 Å². The van der Waals surface area contributed by atoms with Crippen molar-refractivity contribution in [3.05, 3.63) is 77.2 Å². The molecule has 1 aromatic heterocycles. The van der Waals surface area contributed by atoms with Crippen molar-refractivity contribution in [1.82, 2.24) is 9.97 Å². The summed E-state index contributed by atoms with van der Waals surface area (Å²) < 4.78 is 0. The highest BCUT2D eigenvalue weighted by molar-refractivity contribution is 6.03. The fourth-order valence-corrected chi connectivity index (χ4v) is 2.67. The Morgan fingerprint density at radius 1 is 0.962 bits per heavy atom. The minimum absolute atomic E-state index is 0.267. The van der Waals surface area contributed by atoms with Crippen molar-refractivity contribution in [3.8, 4) is 0 Å². The lowest BCUT2D eigenvalue weighted by atomic mass is 10.1. The molecular formula is C21H22N4O. The van der Waals surface area contributed by atoms with Gasteiger partial charge in [-0.3, -0.25) is 4.79 Å². The van der Waals surface area contributed by atoms with Gasteiger partial charge >= 0.3 is 0 Å². The molecule has 1 amide bonds. The highest BCUT2D eigenvalue weighted by Gasteiger charge is 2.11. The third-order valence-corrected chi connectivity index (χ3v) is 4.40. The molecule has 26 heavy (non-hydrogen) atoms. The van der Waals surface area contributed by atoms with Gasteiger partial charge in [-0.25, -0.2) is 9.97 Å². The van der Waals surface area contributed by atoms with Crippen LogP contribution in [0.15, 0.2) is 54.9 Å². The number of nitrogens with one attached hydrogen (secondary N) is 2. The zero-order valence-corrected chi connectivity index (χ0v) is 15.2. The molecule has 0 aliphatic rings. The number of carbonyl (C=O) groups excluding carboxylic acids is 1. The number of aryl methyl sites for hydroxylation is 2. The average Bonchev–Trinajstić information content (AvgIpc) is 2.66. The van der Waals surface area contributed by atoms with Crippen molar-refractivity contribution in [2.75, 3.05) is 10.6 Å². The van der Waals surface area contributed by atoms with Crippen LogP contribution in [0.3, 0.4) is 0 Å². The lowest BCUT2D eigenvalue weighted by Gasteiger charge is -2.11. The highest BCUT2D eigenvalue weighted by atomic mass is 16.1. The molecule has 0 aliphatic heterocycles. The molecule has 5 heteroatoms. The summed E-state index contributed by atoms with van der Waals surface area (Å²) in [7, 11) is 0. The fraction of sp³-hybridized carbons (Fsp3) is 0.190. The molecule has 3 rings (SSSR count). The highest BCUT2D eigenvalue weighted by Crippen LogP contribution is 2.21. The Hall–Kier alpha value is -3.21. The second-order valence-corrected chi connectivity index (χ2v) is 6.12. The molecule has 0 saturated heterocycles. The molecule has 3 aromatic rings. The molecule has 0 bridgehead atoms. The third-order valence-electron chi connectivity index (χ3n) is 4.40. The molecular weight excluding hydrogens is 324 g/mol. The summed E-state index contributed by atoms with van der Waals surface area (Å²) in [6.45, 7) is 6.17. The summed E-state index contributed by atoms with van der Waals surface area (Å²) >= 11 is 0. The second kappa shape index (κ2) is 7.78. The Morgan fingerprint density at radius 2 is 1.73 bits per heavy atom. The first-order chi connectivity index (χ1) is 12.6. The van der Waals surface area contributed by atoms with Crippen LogP contribution in [0.5, 0.6) is 0 Å². The number of nitrogens with zero attached hydrogens (tertiary/aromatic N) is 2. The van der Waals surface area contributed by atoms with Gasteiger partial charge in [0.05, 0.1) is 12.4 Å². The number of benzene rings is 2. The van der Waals surface area contributed by atoms with Gasteiger partial charge in [0, 0.05) is 11.4 Å². The van der Waals surface area contributed by atoms with Crippen LogP contribution >= 0.6 is 0 Å². The lowest BCUT2D eigenvalue weighted by molar-refractivity contribution is 0.102. The molecule has 0 unspecified atom stereocenters. The summed E-state index contributed by atoms with van der Waals surface area (Å²) in [4.78, 5) is 21.0. The third kappa shape index (κ3) is 3.88. The van der Waals surface area contributed by atoms with Crippen LogP contribution in [0.4, 0.5) is 17.2 Å². The van der Waals surface area contributed by atoms with E-state index in [1.165, 1.54) is 11.8 Å². The quantitative estimate of drug-likeness (QED) is 0.705. The molecule has 0 aliphatic carbocycles. The summed E-state index contributed by atoms with van der Waals surface area (Å²) in [6, 6.07) is 13.8. The zero-order valence-electron chi connectivity index (χ0n) is 15.2. The Kier molecular flexibility index (Phi) is 5.27. The van der Waals surface area contributed by atoms with E-state index in [1.807, 2.05) is 36.4 Å². The van der Waals surface area contributed by atoms with Gasteiger partial charge in [-0.2, -0.15) is 0 Å². The van der Waals surface area contributed by atoms with Crippen molar-refractivity contribution in [3.63, 3.8) is 0 Å². The average molecular weight is 346 g/mol. The molecule has 0 radical (unpaired) electrons. The first kappa shape index (κ1) is 17.6. The van der Waals surface area contributed by atoms with Gasteiger partial charge in [-0.1, -0.05) is 37.3 Å². The van der Waals surface area contributed by atoms with Crippen molar-refractivity contribution in [2.45, 2.75) is 27.2 Å². The van der Waals surface area contributed by atoms with Gasteiger partial charge < -0.3 is 10.6 Å². The van der Waals surface area contributed by atoms with Gasteiger partial charge in [0.25, 0.3) is 5.91 Å². The van der Waals surface area contributed by atoms with Crippen LogP contribution in [0.25, 0.3) is 0 Å². The smallest absolute Gasteiger partial charge is 0.275 e. The van der Waals surface area contributed by atoms with Crippen molar-refractivity contribution >= 4 is 23.1 Å². The summed E-state index contributed by atoms with van der Waals surface area (Å²) in [6.07, 6.45) is 3.90. The number of anilines is 3. The van der Waals surface area contributed by atoms with E-state index >= 15 is 0 Å². The zero-order chi connectivity index (χ0) is 18.5. The first-order valence-electron chi connectivity index (χ1n) is 8.63. The number of amides is 1. The van der Waals surface area contributed by atoms with E-state index in [4.69, 9.17) is 0 Å². The Morgan fingerprint density at radius 3 is 2.46 bits per heavy atom. The SMILES string of the molecule is CCc1ccccc1NC(=O)c1cnc(Nc2cccc(C)c2C)cn1. The Labute approximate surface area is 153 Å². The van der Waals surface area contributed by atoms with Crippen LogP contribution in [0.1, 0.15) is 34.1 Å². The van der Waals surface area contributed by atoms with E-state index in [9.17, 15) is 4.79 Å². The molecule has 0 atom stereocenters. The predicted molar refractivity (Wildman–Crippen MR) is 105 cm³/mol. The minimum atomic E-state index is -0.267. The monoisotopic (exact) mass is 346 g/mol. The maximum atomic E-state index is 12.4. The molecule has 2 N–H and O–H groups in total. The molecule has 0 saturated carbocycles. The van der Waals surface area contributed by atoms with E-state index in [-0.39, 0.29) is 11.6 Å². The van der Waals surface area contributed by atoms with E-state index in [2.05, 4.69) is 47.4 Å². The van der Waals surface area contributed by atoms with E-state index < -0.39 is 0 Å². The van der Waals surface area contributed by atoms with E-state index in [0.29, 0.717) is 5.82 Å². The van der Waals surface area contributed by atoms with Gasteiger partial charge in [-0.15, -0.1) is 0 Å². The molecule has 0 fully saturated rings. The van der Waals surface area contributed by atoms with Crippen LogP contribution in [-0.4, -0.2) is 15.9 Å². The van der Waals surface area contributed by atoms with Crippen LogP contribution < -0.4 is 10.6 Å². The summed E-state index contributed by atoms with van der Waals surface area (Å²) in [5.41, 5.74) is 5.51. The van der Waals surface area contributed by atoms with Crippen LogP contribution in [-0.2, 0) is 6.42 Å². The predicted octanol–water partition coefficient (Wildman–Crippen LogP) is 4.65. The van der Waals surface area contributed by atoms with E-state index in [1.54, 1.807) is 6.20 Å². The number of hydrogen-bond acceptors (Lipinski definition) is 4. The normalized spacial score (nSPS) is 10.4. The van der Waals surface area contributed by atoms with Gasteiger partial charge in [0.1, 0.15) is 11.5 Å². The second-order valence-electron chi connectivity index (χ2n) is 6.12.